The third-order valence-electron chi connectivity index (χ3n) is 6.26. The largest absolute Gasteiger partial charge is 0.491 e. The number of rotatable bonds is 9. The SMILES string of the molecule is Clc1ccc(C(OC2CCCC(COc3ccc(-c4ccccc4)cc3)O2)C(Cl)n2ccnc2)cc1. The Labute approximate surface area is 221 Å². The second-order valence-electron chi connectivity index (χ2n) is 8.81. The zero-order valence-corrected chi connectivity index (χ0v) is 21.3. The molecule has 1 aromatic heterocycles. The quantitative estimate of drug-likeness (QED) is 0.211. The summed E-state index contributed by atoms with van der Waals surface area (Å²) in [6.07, 6.45) is 7.01. The number of hydrogen-bond donors (Lipinski definition) is 0. The normalized spacial score (nSPS) is 19.5. The highest BCUT2D eigenvalue weighted by Crippen LogP contribution is 2.37. The summed E-state index contributed by atoms with van der Waals surface area (Å²) in [5.74, 6) is 0.821. The fourth-order valence-corrected chi connectivity index (χ4v) is 4.79. The van der Waals surface area contributed by atoms with Crippen LogP contribution in [0.1, 0.15) is 36.4 Å². The number of halogens is 2. The van der Waals surface area contributed by atoms with Crippen molar-refractivity contribution in [3.8, 4) is 16.9 Å². The molecule has 0 spiro atoms. The van der Waals surface area contributed by atoms with E-state index < -0.39 is 17.9 Å². The molecule has 2 heterocycles. The standard InChI is InChI=1S/C29H28Cl2N2O3/c30-24-13-9-23(10-14-24)28(29(31)33-18-17-32-20-33)36-27-8-4-7-26(35-27)19-34-25-15-11-22(12-16-25)21-5-2-1-3-6-21/h1-3,5-6,9-18,20,26-29H,4,7-8,19H2. The Kier molecular flexibility index (Phi) is 8.24. The molecule has 5 rings (SSSR count). The van der Waals surface area contributed by atoms with Crippen molar-refractivity contribution in [1.82, 2.24) is 9.55 Å². The Morgan fingerprint density at radius 1 is 0.944 bits per heavy atom. The van der Waals surface area contributed by atoms with Crippen LogP contribution in [0.5, 0.6) is 5.75 Å². The van der Waals surface area contributed by atoms with Gasteiger partial charge in [-0.3, -0.25) is 0 Å². The minimum atomic E-state index is -0.489. The summed E-state index contributed by atoms with van der Waals surface area (Å²) in [5, 5.41) is 0.661. The van der Waals surface area contributed by atoms with E-state index in [2.05, 4.69) is 29.2 Å². The van der Waals surface area contributed by atoms with E-state index >= 15 is 0 Å². The molecule has 1 aliphatic heterocycles. The Morgan fingerprint density at radius 3 is 2.42 bits per heavy atom. The lowest BCUT2D eigenvalue weighted by atomic mass is 10.1. The Hall–Kier alpha value is -2.83. The number of aromatic nitrogens is 2. The summed E-state index contributed by atoms with van der Waals surface area (Å²) >= 11 is 12.9. The van der Waals surface area contributed by atoms with Gasteiger partial charge in [0.1, 0.15) is 24.0 Å². The first-order chi connectivity index (χ1) is 17.7. The highest BCUT2D eigenvalue weighted by atomic mass is 35.5. The van der Waals surface area contributed by atoms with Crippen LogP contribution in [0.15, 0.2) is 97.6 Å². The highest BCUT2D eigenvalue weighted by Gasteiger charge is 2.31. The maximum Gasteiger partial charge on any atom is 0.159 e. The lowest BCUT2D eigenvalue weighted by Crippen LogP contribution is -2.35. The molecule has 7 heteroatoms. The van der Waals surface area contributed by atoms with E-state index in [1.807, 2.05) is 65.4 Å². The van der Waals surface area contributed by atoms with Crippen molar-refractivity contribution in [2.24, 2.45) is 0 Å². The second kappa shape index (κ2) is 11.9. The summed E-state index contributed by atoms with van der Waals surface area (Å²) in [5.41, 5.74) is 2.78. The summed E-state index contributed by atoms with van der Waals surface area (Å²) in [7, 11) is 0. The van der Waals surface area contributed by atoms with Gasteiger partial charge in [-0.05, 0) is 60.2 Å². The fourth-order valence-electron chi connectivity index (χ4n) is 4.34. The number of alkyl halides is 1. The predicted octanol–water partition coefficient (Wildman–Crippen LogP) is 7.67. The lowest BCUT2D eigenvalue weighted by molar-refractivity contribution is -0.224. The van der Waals surface area contributed by atoms with E-state index in [1.54, 1.807) is 12.5 Å². The fraction of sp³-hybridized carbons (Fsp3) is 0.276. The van der Waals surface area contributed by atoms with Crippen LogP contribution in [0.2, 0.25) is 5.02 Å². The van der Waals surface area contributed by atoms with Crippen molar-refractivity contribution in [2.75, 3.05) is 6.61 Å². The summed E-state index contributed by atoms with van der Waals surface area (Å²) in [6.45, 7) is 0.460. The van der Waals surface area contributed by atoms with Gasteiger partial charge in [0.15, 0.2) is 6.29 Å². The lowest BCUT2D eigenvalue weighted by Gasteiger charge is -2.34. The molecule has 0 amide bonds. The Balaban J connectivity index is 1.20. The van der Waals surface area contributed by atoms with E-state index in [1.165, 1.54) is 5.56 Å². The van der Waals surface area contributed by atoms with Gasteiger partial charge in [0.05, 0.1) is 12.4 Å². The maximum atomic E-state index is 6.83. The minimum absolute atomic E-state index is 0.0644. The number of hydrogen-bond acceptors (Lipinski definition) is 4. The van der Waals surface area contributed by atoms with Gasteiger partial charge in [0.2, 0.25) is 0 Å². The number of imidazole rings is 1. The highest BCUT2D eigenvalue weighted by molar-refractivity contribution is 6.30. The third kappa shape index (κ3) is 6.29. The van der Waals surface area contributed by atoms with E-state index in [-0.39, 0.29) is 6.10 Å². The zero-order valence-electron chi connectivity index (χ0n) is 19.8. The number of benzene rings is 3. The molecule has 1 saturated heterocycles. The molecule has 1 fully saturated rings. The van der Waals surface area contributed by atoms with Crippen LogP contribution in [0.3, 0.4) is 0 Å². The molecule has 1 aliphatic rings. The third-order valence-corrected chi connectivity index (χ3v) is 6.97. The van der Waals surface area contributed by atoms with Crippen LogP contribution in [-0.4, -0.2) is 28.6 Å². The van der Waals surface area contributed by atoms with E-state index in [0.717, 1.165) is 36.1 Å². The topological polar surface area (TPSA) is 45.5 Å². The molecule has 5 nitrogen and oxygen atoms in total. The predicted molar refractivity (Wildman–Crippen MR) is 142 cm³/mol. The van der Waals surface area contributed by atoms with E-state index in [9.17, 15) is 0 Å². The van der Waals surface area contributed by atoms with Gasteiger partial charge < -0.3 is 18.8 Å². The van der Waals surface area contributed by atoms with Crippen LogP contribution in [0.4, 0.5) is 0 Å². The molecular formula is C29H28Cl2N2O3. The molecule has 4 atom stereocenters. The molecule has 0 bridgehead atoms. The molecule has 3 aromatic carbocycles. The monoisotopic (exact) mass is 522 g/mol. The maximum absolute atomic E-state index is 6.83. The summed E-state index contributed by atoms with van der Waals surface area (Å²) in [6, 6.07) is 26.0. The Morgan fingerprint density at radius 2 is 1.69 bits per heavy atom. The van der Waals surface area contributed by atoms with Crippen molar-refractivity contribution >= 4 is 23.2 Å². The van der Waals surface area contributed by atoms with Crippen LogP contribution in [0.25, 0.3) is 11.1 Å². The summed E-state index contributed by atoms with van der Waals surface area (Å²) in [4.78, 5) is 4.12. The summed E-state index contributed by atoms with van der Waals surface area (Å²) < 4.78 is 20.6. The molecule has 36 heavy (non-hydrogen) atoms. The smallest absolute Gasteiger partial charge is 0.159 e. The molecule has 0 radical (unpaired) electrons. The minimum Gasteiger partial charge on any atom is -0.491 e. The molecule has 0 N–H and O–H groups in total. The van der Waals surface area contributed by atoms with Gasteiger partial charge in [0.25, 0.3) is 0 Å². The van der Waals surface area contributed by atoms with E-state index in [0.29, 0.717) is 11.6 Å². The van der Waals surface area contributed by atoms with Gasteiger partial charge in [-0.1, -0.05) is 77.8 Å². The average molecular weight is 523 g/mol. The van der Waals surface area contributed by atoms with Gasteiger partial charge >= 0.3 is 0 Å². The second-order valence-corrected chi connectivity index (χ2v) is 9.69. The molecule has 0 aliphatic carbocycles. The van der Waals surface area contributed by atoms with E-state index in [4.69, 9.17) is 37.4 Å². The van der Waals surface area contributed by atoms with Crippen LogP contribution in [0, 0.1) is 0 Å². The first-order valence-electron chi connectivity index (χ1n) is 12.1. The Bertz CT molecular complexity index is 1200. The first-order valence-corrected chi connectivity index (χ1v) is 12.9. The molecular weight excluding hydrogens is 495 g/mol. The number of ether oxygens (including phenoxy) is 3. The first kappa shape index (κ1) is 24.8. The van der Waals surface area contributed by atoms with Crippen LogP contribution < -0.4 is 4.74 Å². The van der Waals surface area contributed by atoms with Gasteiger partial charge in [-0.2, -0.15) is 0 Å². The molecule has 0 saturated carbocycles. The van der Waals surface area contributed by atoms with Crippen molar-refractivity contribution in [2.45, 2.75) is 43.3 Å². The van der Waals surface area contributed by atoms with Crippen molar-refractivity contribution in [1.29, 1.82) is 0 Å². The van der Waals surface area contributed by atoms with Gasteiger partial charge in [-0.15, -0.1) is 0 Å². The van der Waals surface area contributed by atoms with Crippen molar-refractivity contribution in [3.05, 3.63) is 108 Å². The van der Waals surface area contributed by atoms with Crippen molar-refractivity contribution in [3.63, 3.8) is 0 Å². The van der Waals surface area contributed by atoms with Gasteiger partial charge in [0, 0.05) is 17.4 Å². The van der Waals surface area contributed by atoms with Crippen LogP contribution in [-0.2, 0) is 9.47 Å². The van der Waals surface area contributed by atoms with Crippen molar-refractivity contribution < 1.29 is 14.2 Å². The molecule has 4 unspecified atom stereocenters. The molecule has 186 valence electrons. The van der Waals surface area contributed by atoms with Crippen LogP contribution >= 0.6 is 23.2 Å². The van der Waals surface area contributed by atoms with Gasteiger partial charge in [-0.25, -0.2) is 4.98 Å². The molecule has 4 aromatic rings. The zero-order chi connectivity index (χ0) is 24.7. The average Bonchev–Trinajstić information content (AvgIpc) is 3.47. The number of nitrogens with zero attached hydrogens (tertiary/aromatic N) is 2.